The number of nitrogens with one attached hydrogen (secondary N) is 2. The van der Waals surface area contributed by atoms with Gasteiger partial charge in [-0.05, 0) is 60.3 Å². The van der Waals surface area contributed by atoms with Crippen molar-refractivity contribution in [2.24, 2.45) is 0 Å². The van der Waals surface area contributed by atoms with E-state index in [0.717, 1.165) is 74.0 Å². The zero-order valence-electron chi connectivity index (χ0n) is 21.6. The standard InChI is InChI=1S/C30H33FN6O/c1-2-32-19-11-12-36(15-19)30-34-28-25(29(35-30)37-16-20-7-8-21(17-37)33-20)10-9-24(27(28)31)26-14-22(38)13-18-5-3-4-6-23(18)26/h3-6,9-10,13-14,19-21,32-33,38H,2,7-8,11-12,15-17H2,1H3. The Morgan fingerprint density at radius 3 is 2.58 bits per heavy atom. The van der Waals surface area contributed by atoms with Crippen LogP contribution in [0.2, 0.25) is 0 Å². The lowest BCUT2D eigenvalue weighted by Gasteiger charge is -2.34. The maximum Gasteiger partial charge on any atom is 0.228 e. The molecular weight excluding hydrogens is 479 g/mol. The van der Waals surface area contributed by atoms with E-state index >= 15 is 4.39 Å². The van der Waals surface area contributed by atoms with Gasteiger partial charge in [0.15, 0.2) is 5.82 Å². The number of anilines is 2. The average molecular weight is 513 g/mol. The van der Waals surface area contributed by atoms with E-state index in [1.165, 1.54) is 0 Å². The van der Waals surface area contributed by atoms with Crippen LogP contribution in [0.5, 0.6) is 5.75 Å². The fraction of sp³-hybridized carbons (Fsp3) is 0.400. The molecule has 196 valence electrons. The summed E-state index contributed by atoms with van der Waals surface area (Å²) in [4.78, 5) is 14.5. The third-order valence-corrected chi connectivity index (χ3v) is 8.39. The molecule has 3 aromatic carbocycles. The Hall–Kier alpha value is -3.49. The van der Waals surface area contributed by atoms with E-state index in [9.17, 15) is 5.11 Å². The van der Waals surface area contributed by atoms with Gasteiger partial charge in [-0.3, -0.25) is 0 Å². The number of rotatable bonds is 5. The maximum atomic E-state index is 16.6. The molecule has 0 amide bonds. The number of piperazine rings is 1. The van der Waals surface area contributed by atoms with Gasteiger partial charge >= 0.3 is 0 Å². The Morgan fingerprint density at radius 2 is 1.76 bits per heavy atom. The first-order valence-corrected chi connectivity index (χ1v) is 13.8. The largest absolute Gasteiger partial charge is 0.508 e. The molecule has 3 aliphatic rings. The number of halogens is 1. The van der Waals surface area contributed by atoms with Gasteiger partial charge in [-0.15, -0.1) is 0 Å². The quantitative estimate of drug-likeness (QED) is 0.365. The third-order valence-electron chi connectivity index (χ3n) is 8.39. The zero-order valence-corrected chi connectivity index (χ0v) is 21.6. The lowest BCUT2D eigenvalue weighted by Crippen LogP contribution is -2.51. The second-order valence-electron chi connectivity index (χ2n) is 10.9. The SMILES string of the molecule is CCNC1CCN(c2nc(N3CC4CCC(C3)N4)c3ccc(-c4cc(O)cc5ccccc45)c(F)c3n2)C1. The van der Waals surface area contributed by atoms with Gasteiger partial charge in [0.1, 0.15) is 17.1 Å². The molecule has 0 saturated carbocycles. The molecular formula is C30H33FN6O. The predicted octanol–water partition coefficient (Wildman–Crippen LogP) is 4.42. The normalized spacial score (nSPS) is 23.2. The summed E-state index contributed by atoms with van der Waals surface area (Å²) in [5.41, 5.74) is 1.44. The molecule has 7 rings (SSSR count). The summed E-state index contributed by atoms with van der Waals surface area (Å²) in [5, 5.41) is 20.2. The summed E-state index contributed by atoms with van der Waals surface area (Å²) in [6.07, 6.45) is 3.34. The number of phenolic OH excluding ortho intramolecular Hbond substituents is 1. The monoisotopic (exact) mass is 512 g/mol. The highest BCUT2D eigenvalue weighted by Crippen LogP contribution is 2.39. The molecule has 38 heavy (non-hydrogen) atoms. The lowest BCUT2D eigenvalue weighted by atomic mass is 9.96. The van der Waals surface area contributed by atoms with Gasteiger partial charge in [-0.25, -0.2) is 9.37 Å². The Bertz CT molecular complexity index is 1510. The number of hydrogen-bond acceptors (Lipinski definition) is 7. The Morgan fingerprint density at radius 1 is 0.947 bits per heavy atom. The highest BCUT2D eigenvalue weighted by atomic mass is 19.1. The van der Waals surface area contributed by atoms with Gasteiger partial charge in [-0.1, -0.05) is 37.3 Å². The fourth-order valence-electron chi connectivity index (χ4n) is 6.61. The van der Waals surface area contributed by atoms with Crippen LogP contribution in [0.15, 0.2) is 48.5 Å². The van der Waals surface area contributed by atoms with Crippen molar-refractivity contribution < 1.29 is 9.50 Å². The molecule has 3 N–H and O–H groups in total. The molecule has 3 unspecified atom stereocenters. The number of benzene rings is 3. The number of hydrogen-bond donors (Lipinski definition) is 3. The molecule has 0 aliphatic carbocycles. The van der Waals surface area contributed by atoms with Gasteiger partial charge in [0.2, 0.25) is 5.95 Å². The van der Waals surface area contributed by atoms with Crippen LogP contribution in [-0.2, 0) is 0 Å². The first-order valence-electron chi connectivity index (χ1n) is 13.8. The van der Waals surface area contributed by atoms with Crippen LogP contribution in [0.4, 0.5) is 16.2 Å². The lowest BCUT2D eigenvalue weighted by molar-refractivity contribution is 0.464. The van der Waals surface area contributed by atoms with Crippen LogP contribution in [0.1, 0.15) is 26.2 Å². The second-order valence-corrected chi connectivity index (χ2v) is 10.9. The van der Waals surface area contributed by atoms with Crippen LogP contribution in [0.3, 0.4) is 0 Å². The van der Waals surface area contributed by atoms with Gasteiger partial charge < -0.3 is 25.5 Å². The smallest absolute Gasteiger partial charge is 0.228 e. The van der Waals surface area contributed by atoms with Crippen molar-refractivity contribution in [3.8, 4) is 16.9 Å². The van der Waals surface area contributed by atoms with Crippen molar-refractivity contribution in [1.82, 2.24) is 20.6 Å². The van der Waals surface area contributed by atoms with Crippen molar-refractivity contribution in [1.29, 1.82) is 0 Å². The molecule has 1 aromatic heterocycles. The van der Waals surface area contributed by atoms with E-state index in [1.807, 2.05) is 36.4 Å². The van der Waals surface area contributed by atoms with Gasteiger partial charge in [0.25, 0.3) is 0 Å². The summed E-state index contributed by atoms with van der Waals surface area (Å²) in [5.74, 6) is 1.16. The van der Waals surface area contributed by atoms with Crippen LogP contribution >= 0.6 is 0 Å². The summed E-state index contributed by atoms with van der Waals surface area (Å²) >= 11 is 0. The molecule has 3 fully saturated rings. The van der Waals surface area contributed by atoms with E-state index in [4.69, 9.17) is 9.97 Å². The summed E-state index contributed by atoms with van der Waals surface area (Å²) in [6, 6.07) is 16.2. The highest BCUT2D eigenvalue weighted by molar-refractivity contribution is 6.01. The van der Waals surface area contributed by atoms with E-state index in [1.54, 1.807) is 12.1 Å². The topological polar surface area (TPSA) is 76.5 Å². The highest BCUT2D eigenvalue weighted by Gasteiger charge is 2.34. The van der Waals surface area contributed by atoms with Crippen molar-refractivity contribution >= 4 is 33.4 Å². The van der Waals surface area contributed by atoms with Crippen molar-refractivity contribution in [2.75, 3.05) is 42.5 Å². The van der Waals surface area contributed by atoms with Gasteiger partial charge in [0, 0.05) is 55.3 Å². The zero-order chi connectivity index (χ0) is 25.8. The molecule has 0 radical (unpaired) electrons. The van der Waals surface area contributed by atoms with Crippen molar-refractivity contribution in [3.05, 3.63) is 54.3 Å². The average Bonchev–Trinajstić information content (AvgIpc) is 3.53. The summed E-state index contributed by atoms with van der Waals surface area (Å²) in [7, 11) is 0. The summed E-state index contributed by atoms with van der Waals surface area (Å²) in [6.45, 7) is 6.42. The Balaban J connectivity index is 1.39. The molecule has 8 heteroatoms. The summed E-state index contributed by atoms with van der Waals surface area (Å²) < 4.78 is 16.6. The van der Waals surface area contributed by atoms with E-state index in [2.05, 4.69) is 27.4 Å². The number of fused-ring (bicyclic) bond motifs is 4. The Kier molecular flexibility index (Phi) is 5.82. The van der Waals surface area contributed by atoms with Crippen LogP contribution in [0.25, 0.3) is 32.8 Å². The number of aromatic hydroxyl groups is 1. The van der Waals surface area contributed by atoms with E-state index < -0.39 is 0 Å². The van der Waals surface area contributed by atoms with Crippen molar-refractivity contribution in [3.63, 3.8) is 0 Å². The molecule has 4 aromatic rings. The van der Waals surface area contributed by atoms with Crippen LogP contribution < -0.4 is 20.4 Å². The number of phenols is 1. The number of nitrogens with zero attached hydrogens (tertiary/aromatic N) is 4. The van der Waals surface area contributed by atoms with Crippen LogP contribution in [0, 0.1) is 5.82 Å². The maximum absolute atomic E-state index is 16.6. The fourth-order valence-corrected chi connectivity index (χ4v) is 6.61. The molecule has 3 atom stereocenters. The third kappa shape index (κ3) is 4.03. The minimum absolute atomic E-state index is 0.116. The molecule has 2 bridgehead atoms. The number of likely N-dealkylation sites (N-methyl/N-ethyl adjacent to an activating group) is 1. The Labute approximate surface area is 221 Å². The number of aromatic nitrogens is 2. The minimum atomic E-state index is -0.372. The molecule has 7 nitrogen and oxygen atoms in total. The predicted molar refractivity (Wildman–Crippen MR) is 151 cm³/mol. The second kappa shape index (κ2) is 9.36. The molecule has 4 heterocycles. The van der Waals surface area contributed by atoms with Crippen LogP contribution in [-0.4, -0.2) is 65.9 Å². The van der Waals surface area contributed by atoms with Crippen molar-refractivity contribution in [2.45, 2.75) is 44.3 Å². The minimum Gasteiger partial charge on any atom is -0.508 e. The van der Waals surface area contributed by atoms with E-state index in [0.29, 0.717) is 40.7 Å². The van der Waals surface area contributed by atoms with Gasteiger partial charge in [0.05, 0.1) is 0 Å². The molecule has 3 saturated heterocycles. The first kappa shape index (κ1) is 23.6. The van der Waals surface area contributed by atoms with E-state index in [-0.39, 0.29) is 11.6 Å². The molecule has 0 spiro atoms. The molecule has 3 aliphatic heterocycles. The van der Waals surface area contributed by atoms with Gasteiger partial charge in [-0.2, -0.15) is 4.98 Å². The first-order chi connectivity index (χ1) is 18.6.